The molecule has 5 heteroatoms. The average molecular weight is 251 g/mol. The van der Waals surface area contributed by atoms with Crippen molar-refractivity contribution >= 4 is 28.7 Å². The lowest BCUT2D eigenvalue weighted by Gasteiger charge is -1.98. The second-order valence-corrected chi connectivity index (χ2v) is 5.13. The van der Waals surface area contributed by atoms with E-state index in [-0.39, 0.29) is 4.94 Å². The van der Waals surface area contributed by atoms with Gasteiger partial charge in [0, 0.05) is 0 Å². The SMILES string of the molecule is C/C(=C\Sc1noc(=O)s1)c1ccccc1. The first-order valence-corrected chi connectivity index (χ1v) is 6.31. The lowest BCUT2D eigenvalue weighted by molar-refractivity contribution is 0.379. The topological polar surface area (TPSA) is 43.1 Å². The van der Waals surface area contributed by atoms with E-state index in [1.807, 2.05) is 42.7 Å². The van der Waals surface area contributed by atoms with Crippen LogP contribution in [0.4, 0.5) is 0 Å². The molecular formula is C11H9NO2S2. The van der Waals surface area contributed by atoms with E-state index in [1.165, 1.54) is 11.8 Å². The normalized spacial score (nSPS) is 11.7. The van der Waals surface area contributed by atoms with E-state index >= 15 is 0 Å². The summed E-state index contributed by atoms with van der Waals surface area (Å²) in [7, 11) is 0. The van der Waals surface area contributed by atoms with Crippen LogP contribution in [-0.4, -0.2) is 5.16 Å². The van der Waals surface area contributed by atoms with E-state index in [0.717, 1.165) is 22.5 Å². The van der Waals surface area contributed by atoms with Gasteiger partial charge < -0.3 is 4.52 Å². The first kappa shape index (κ1) is 11.2. The zero-order valence-corrected chi connectivity index (χ0v) is 10.2. The molecule has 0 spiro atoms. The first-order valence-electron chi connectivity index (χ1n) is 4.61. The second-order valence-electron chi connectivity index (χ2n) is 3.09. The largest absolute Gasteiger partial charge is 0.418 e. The van der Waals surface area contributed by atoms with Gasteiger partial charge in [0.05, 0.1) is 0 Å². The zero-order valence-electron chi connectivity index (χ0n) is 8.54. The highest BCUT2D eigenvalue weighted by Gasteiger charge is 2.01. The van der Waals surface area contributed by atoms with Gasteiger partial charge in [0.25, 0.3) is 0 Å². The Labute approximate surface area is 101 Å². The molecule has 16 heavy (non-hydrogen) atoms. The number of hydrogen-bond acceptors (Lipinski definition) is 5. The van der Waals surface area contributed by atoms with E-state index < -0.39 is 0 Å². The van der Waals surface area contributed by atoms with Gasteiger partial charge in [-0.05, 0) is 34.8 Å². The number of aromatic nitrogens is 1. The quantitative estimate of drug-likeness (QED) is 0.785. The van der Waals surface area contributed by atoms with Crippen LogP contribution in [0.1, 0.15) is 12.5 Å². The Balaban J connectivity index is 2.11. The highest BCUT2D eigenvalue weighted by Crippen LogP contribution is 2.24. The second kappa shape index (κ2) is 5.14. The Morgan fingerprint density at radius 1 is 1.44 bits per heavy atom. The van der Waals surface area contributed by atoms with Crippen molar-refractivity contribution in [2.24, 2.45) is 0 Å². The maximum atomic E-state index is 10.8. The van der Waals surface area contributed by atoms with Gasteiger partial charge in [-0.3, -0.25) is 0 Å². The minimum atomic E-state index is -0.367. The highest BCUT2D eigenvalue weighted by molar-refractivity contribution is 8.03. The molecule has 0 amide bonds. The van der Waals surface area contributed by atoms with E-state index in [4.69, 9.17) is 0 Å². The summed E-state index contributed by atoms with van der Waals surface area (Å²) in [4.78, 5) is 10.4. The van der Waals surface area contributed by atoms with Crippen LogP contribution in [0.5, 0.6) is 0 Å². The molecule has 1 aromatic carbocycles. The summed E-state index contributed by atoms with van der Waals surface area (Å²) >= 11 is 2.41. The van der Waals surface area contributed by atoms with Crippen LogP contribution in [0, 0.1) is 0 Å². The van der Waals surface area contributed by atoms with Crippen LogP contribution in [0.2, 0.25) is 0 Å². The molecule has 0 aliphatic carbocycles. The third-order valence-corrected chi connectivity index (χ3v) is 3.71. The summed E-state index contributed by atoms with van der Waals surface area (Å²) in [6, 6.07) is 10.0. The van der Waals surface area contributed by atoms with Crippen LogP contribution in [-0.2, 0) is 0 Å². The Hall–Kier alpha value is -1.33. The monoisotopic (exact) mass is 251 g/mol. The van der Waals surface area contributed by atoms with E-state index in [1.54, 1.807) is 0 Å². The molecule has 2 rings (SSSR count). The number of allylic oxidation sites excluding steroid dienone is 1. The Morgan fingerprint density at radius 2 is 2.19 bits per heavy atom. The molecule has 3 nitrogen and oxygen atoms in total. The summed E-state index contributed by atoms with van der Waals surface area (Å²) < 4.78 is 5.09. The van der Waals surface area contributed by atoms with E-state index in [2.05, 4.69) is 9.68 Å². The molecule has 0 N–H and O–H groups in total. The average Bonchev–Trinajstić information content (AvgIpc) is 2.73. The first-order chi connectivity index (χ1) is 7.75. The molecule has 2 aromatic rings. The molecule has 0 atom stereocenters. The Morgan fingerprint density at radius 3 is 2.81 bits per heavy atom. The molecule has 0 bridgehead atoms. The molecule has 0 radical (unpaired) electrons. The summed E-state index contributed by atoms with van der Waals surface area (Å²) in [6.07, 6.45) is 0. The fourth-order valence-electron chi connectivity index (χ4n) is 1.14. The molecule has 0 saturated carbocycles. The number of hydrogen-bond donors (Lipinski definition) is 0. The van der Waals surface area contributed by atoms with Gasteiger partial charge in [0.1, 0.15) is 0 Å². The van der Waals surface area contributed by atoms with Crippen molar-refractivity contribution in [1.29, 1.82) is 0 Å². The predicted octanol–water partition coefficient (Wildman–Crippen LogP) is 3.25. The standard InChI is InChI=1S/C11H9NO2S2/c1-8(9-5-3-2-4-6-9)7-15-10-12-14-11(13)16-10/h2-7H,1H3/b8-7+. The van der Waals surface area contributed by atoms with Gasteiger partial charge in [-0.2, -0.15) is 0 Å². The molecule has 1 heterocycles. The maximum absolute atomic E-state index is 10.8. The smallest absolute Gasteiger partial charge is 0.301 e. The number of nitrogens with zero attached hydrogens (tertiary/aromatic N) is 1. The lowest BCUT2D eigenvalue weighted by Crippen LogP contribution is -1.79. The third kappa shape index (κ3) is 2.84. The van der Waals surface area contributed by atoms with Crippen molar-refractivity contribution in [3.8, 4) is 0 Å². The summed E-state index contributed by atoms with van der Waals surface area (Å²) in [5, 5.41) is 5.59. The summed E-state index contributed by atoms with van der Waals surface area (Å²) in [5.41, 5.74) is 2.29. The van der Waals surface area contributed by atoms with Crippen molar-refractivity contribution < 1.29 is 4.52 Å². The Bertz CT molecular complexity index is 542. The predicted molar refractivity (Wildman–Crippen MR) is 66.6 cm³/mol. The zero-order chi connectivity index (χ0) is 11.4. The van der Waals surface area contributed by atoms with Gasteiger partial charge >= 0.3 is 4.94 Å². The molecule has 82 valence electrons. The van der Waals surface area contributed by atoms with Crippen molar-refractivity contribution in [3.63, 3.8) is 0 Å². The van der Waals surface area contributed by atoms with Gasteiger partial charge in [-0.25, -0.2) is 4.79 Å². The minimum Gasteiger partial charge on any atom is -0.301 e. The molecule has 0 saturated heterocycles. The Kier molecular flexibility index (Phi) is 3.58. The maximum Gasteiger partial charge on any atom is 0.418 e. The molecule has 0 aliphatic heterocycles. The van der Waals surface area contributed by atoms with E-state index in [0.29, 0.717) is 4.34 Å². The lowest BCUT2D eigenvalue weighted by atomic mass is 10.1. The molecule has 0 aliphatic rings. The fourth-order valence-corrected chi connectivity index (χ4v) is 2.46. The van der Waals surface area contributed by atoms with Crippen LogP contribution < -0.4 is 4.94 Å². The summed E-state index contributed by atoms with van der Waals surface area (Å²) in [5.74, 6) is 0. The summed E-state index contributed by atoms with van der Waals surface area (Å²) in [6.45, 7) is 2.02. The fraction of sp³-hybridized carbons (Fsp3) is 0.0909. The van der Waals surface area contributed by atoms with Crippen LogP contribution in [0.15, 0.2) is 49.4 Å². The van der Waals surface area contributed by atoms with Crippen LogP contribution in [0.25, 0.3) is 5.57 Å². The number of benzene rings is 1. The van der Waals surface area contributed by atoms with Crippen LogP contribution >= 0.6 is 23.1 Å². The highest BCUT2D eigenvalue weighted by atomic mass is 32.2. The van der Waals surface area contributed by atoms with Crippen molar-refractivity contribution in [2.75, 3.05) is 0 Å². The van der Waals surface area contributed by atoms with Gasteiger partial charge in [0.15, 0.2) is 0 Å². The van der Waals surface area contributed by atoms with Crippen molar-refractivity contribution in [1.82, 2.24) is 5.16 Å². The van der Waals surface area contributed by atoms with E-state index in [9.17, 15) is 4.79 Å². The molecule has 0 unspecified atom stereocenters. The molecule has 0 fully saturated rings. The molecule has 1 aromatic heterocycles. The van der Waals surface area contributed by atoms with Crippen molar-refractivity contribution in [2.45, 2.75) is 11.3 Å². The van der Waals surface area contributed by atoms with Gasteiger partial charge in [-0.1, -0.05) is 47.3 Å². The minimum absolute atomic E-state index is 0.367. The third-order valence-electron chi connectivity index (χ3n) is 1.93. The number of rotatable bonds is 3. The van der Waals surface area contributed by atoms with Crippen molar-refractivity contribution in [3.05, 3.63) is 51.0 Å². The molecular weight excluding hydrogens is 242 g/mol. The van der Waals surface area contributed by atoms with Gasteiger partial charge in [0.2, 0.25) is 4.34 Å². The number of thioether (sulfide) groups is 1. The van der Waals surface area contributed by atoms with Gasteiger partial charge in [-0.15, -0.1) is 0 Å². The van der Waals surface area contributed by atoms with Crippen LogP contribution in [0.3, 0.4) is 0 Å².